The highest BCUT2D eigenvalue weighted by Gasteiger charge is 2.03. The summed E-state index contributed by atoms with van der Waals surface area (Å²) in [5.41, 5.74) is 7.86. The van der Waals surface area contributed by atoms with Crippen molar-refractivity contribution in [3.05, 3.63) is 35.4 Å². The second-order valence-corrected chi connectivity index (χ2v) is 4.72. The monoisotopic (exact) mass is 248 g/mol. The number of carbonyl (C=O) groups is 1. The Hall–Kier alpha value is -1.35. The van der Waals surface area contributed by atoms with Gasteiger partial charge in [-0.2, -0.15) is 0 Å². The molecule has 0 heterocycles. The Morgan fingerprint density at radius 2 is 2.00 bits per heavy atom. The smallest absolute Gasteiger partial charge is 0.220 e. The lowest BCUT2D eigenvalue weighted by Gasteiger charge is -2.10. The van der Waals surface area contributed by atoms with Crippen molar-refractivity contribution in [3.8, 4) is 0 Å². The van der Waals surface area contributed by atoms with Crippen LogP contribution in [0.2, 0.25) is 0 Å². The fourth-order valence-electron chi connectivity index (χ4n) is 1.75. The summed E-state index contributed by atoms with van der Waals surface area (Å²) in [7, 11) is 0. The summed E-state index contributed by atoms with van der Waals surface area (Å²) in [5, 5.41) is 2.90. The van der Waals surface area contributed by atoms with Gasteiger partial charge in [-0.3, -0.25) is 4.79 Å². The number of nitrogens with one attached hydrogen (secondary N) is 1. The third-order valence-electron chi connectivity index (χ3n) is 3.26. The van der Waals surface area contributed by atoms with E-state index in [9.17, 15) is 4.79 Å². The van der Waals surface area contributed by atoms with Gasteiger partial charge in [0.15, 0.2) is 0 Å². The first-order chi connectivity index (χ1) is 8.67. The summed E-state index contributed by atoms with van der Waals surface area (Å²) >= 11 is 0. The van der Waals surface area contributed by atoms with Crippen LogP contribution in [0.15, 0.2) is 24.3 Å². The second kappa shape index (κ2) is 7.88. The van der Waals surface area contributed by atoms with Crippen LogP contribution in [0.1, 0.15) is 50.2 Å². The molecule has 0 aliphatic carbocycles. The molecule has 3 heteroatoms. The van der Waals surface area contributed by atoms with E-state index in [1.807, 2.05) is 0 Å². The SMILES string of the molecule is CCC(C)c1ccc(CNC(=O)CCCN)cc1. The van der Waals surface area contributed by atoms with Crippen LogP contribution in [0.5, 0.6) is 0 Å². The lowest BCUT2D eigenvalue weighted by Crippen LogP contribution is -2.23. The Balaban J connectivity index is 2.41. The van der Waals surface area contributed by atoms with Crippen molar-refractivity contribution in [3.63, 3.8) is 0 Å². The number of benzene rings is 1. The van der Waals surface area contributed by atoms with E-state index >= 15 is 0 Å². The maximum Gasteiger partial charge on any atom is 0.220 e. The molecule has 1 unspecified atom stereocenters. The summed E-state index contributed by atoms with van der Waals surface area (Å²) in [6, 6.07) is 8.47. The first kappa shape index (κ1) is 14.7. The van der Waals surface area contributed by atoms with Crippen LogP contribution in [-0.4, -0.2) is 12.5 Å². The van der Waals surface area contributed by atoms with Crippen molar-refractivity contribution < 1.29 is 4.79 Å². The molecule has 3 nitrogen and oxygen atoms in total. The Kier molecular flexibility index (Phi) is 6.44. The number of rotatable bonds is 7. The zero-order valence-corrected chi connectivity index (χ0v) is 11.4. The Morgan fingerprint density at radius 3 is 2.56 bits per heavy atom. The highest BCUT2D eigenvalue weighted by atomic mass is 16.1. The molecule has 1 aromatic carbocycles. The van der Waals surface area contributed by atoms with Gasteiger partial charge in [-0.25, -0.2) is 0 Å². The van der Waals surface area contributed by atoms with Crippen LogP contribution in [0.3, 0.4) is 0 Å². The van der Waals surface area contributed by atoms with Gasteiger partial charge in [0.05, 0.1) is 0 Å². The van der Waals surface area contributed by atoms with Gasteiger partial charge in [0.1, 0.15) is 0 Å². The fraction of sp³-hybridized carbons (Fsp3) is 0.533. The van der Waals surface area contributed by atoms with Crippen molar-refractivity contribution >= 4 is 5.91 Å². The lowest BCUT2D eigenvalue weighted by molar-refractivity contribution is -0.121. The van der Waals surface area contributed by atoms with Gasteiger partial charge in [-0.15, -0.1) is 0 Å². The first-order valence-corrected chi connectivity index (χ1v) is 6.73. The molecular weight excluding hydrogens is 224 g/mol. The molecule has 18 heavy (non-hydrogen) atoms. The molecule has 0 spiro atoms. The molecule has 0 fully saturated rings. The molecule has 0 radical (unpaired) electrons. The highest BCUT2D eigenvalue weighted by molar-refractivity contribution is 5.75. The maximum atomic E-state index is 11.4. The van der Waals surface area contributed by atoms with E-state index in [1.54, 1.807) is 0 Å². The minimum Gasteiger partial charge on any atom is -0.352 e. The molecule has 3 N–H and O–H groups in total. The minimum absolute atomic E-state index is 0.0754. The van der Waals surface area contributed by atoms with Gasteiger partial charge in [0, 0.05) is 13.0 Å². The maximum absolute atomic E-state index is 11.4. The van der Waals surface area contributed by atoms with Crippen LogP contribution < -0.4 is 11.1 Å². The molecule has 1 rings (SSSR count). The molecule has 0 aromatic heterocycles. The van der Waals surface area contributed by atoms with E-state index in [0.29, 0.717) is 25.4 Å². The molecule has 0 saturated carbocycles. The molecular formula is C15H24N2O. The number of amides is 1. The molecule has 0 saturated heterocycles. The van der Waals surface area contributed by atoms with E-state index in [0.717, 1.165) is 18.4 Å². The highest BCUT2D eigenvalue weighted by Crippen LogP contribution is 2.18. The molecule has 0 bridgehead atoms. The number of nitrogens with two attached hydrogens (primary N) is 1. The third kappa shape index (κ3) is 4.88. The van der Waals surface area contributed by atoms with Crippen molar-refractivity contribution in [1.82, 2.24) is 5.32 Å². The lowest BCUT2D eigenvalue weighted by atomic mass is 9.98. The van der Waals surface area contributed by atoms with Crippen molar-refractivity contribution in [2.45, 2.75) is 45.6 Å². The quantitative estimate of drug-likeness (QED) is 0.779. The van der Waals surface area contributed by atoms with Crippen LogP contribution in [0.4, 0.5) is 0 Å². The summed E-state index contributed by atoms with van der Waals surface area (Å²) in [4.78, 5) is 11.4. The van der Waals surface area contributed by atoms with Gasteiger partial charge < -0.3 is 11.1 Å². The summed E-state index contributed by atoms with van der Waals surface area (Å²) < 4.78 is 0. The van der Waals surface area contributed by atoms with Gasteiger partial charge >= 0.3 is 0 Å². The van der Waals surface area contributed by atoms with E-state index in [-0.39, 0.29) is 5.91 Å². The average Bonchev–Trinajstić information content (AvgIpc) is 2.42. The predicted octanol–water partition coefficient (Wildman–Crippen LogP) is 2.56. The van der Waals surface area contributed by atoms with Crippen LogP contribution in [0, 0.1) is 0 Å². The number of hydrogen-bond acceptors (Lipinski definition) is 2. The second-order valence-electron chi connectivity index (χ2n) is 4.72. The predicted molar refractivity (Wildman–Crippen MR) is 75.3 cm³/mol. The van der Waals surface area contributed by atoms with Crippen molar-refractivity contribution in [2.75, 3.05) is 6.54 Å². The van der Waals surface area contributed by atoms with E-state index in [4.69, 9.17) is 5.73 Å². The average molecular weight is 248 g/mol. The molecule has 0 aliphatic rings. The van der Waals surface area contributed by atoms with Gasteiger partial charge in [0.2, 0.25) is 5.91 Å². The molecule has 0 aliphatic heterocycles. The van der Waals surface area contributed by atoms with Crippen LogP contribution in [-0.2, 0) is 11.3 Å². The summed E-state index contributed by atoms with van der Waals surface area (Å²) in [5.74, 6) is 0.671. The van der Waals surface area contributed by atoms with E-state index in [2.05, 4.69) is 43.4 Å². The van der Waals surface area contributed by atoms with Crippen molar-refractivity contribution in [2.24, 2.45) is 5.73 Å². The Morgan fingerprint density at radius 1 is 1.33 bits per heavy atom. The molecule has 1 amide bonds. The standard InChI is InChI=1S/C15H24N2O/c1-3-12(2)14-8-6-13(7-9-14)11-17-15(18)5-4-10-16/h6-9,12H,3-5,10-11,16H2,1-2H3,(H,17,18). The molecule has 1 aromatic rings. The Bertz CT molecular complexity index is 359. The number of hydrogen-bond donors (Lipinski definition) is 2. The molecule has 1 atom stereocenters. The van der Waals surface area contributed by atoms with Gasteiger partial charge in [0.25, 0.3) is 0 Å². The Labute approximate surface area is 110 Å². The summed E-state index contributed by atoms with van der Waals surface area (Å²) in [6.07, 6.45) is 2.41. The first-order valence-electron chi connectivity index (χ1n) is 6.73. The zero-order valence-electron chi connectivity index (χ0n) is 11.4. The zero-order chi connectivity index (χ0) is 13.4. The topological polar surface area (TPSA) is 55.1 Å². The fourth-order valence-corrected chi connectivity index (χ4v) is 1.75. The molecule has 100 valence electrons. The van der Waals surface area contributed by atoms with Crippen molar-refractivity contribution in [1.29, 1.82) is 0 Å². The number of carbonyl (C=O) groups excluding carboxylic acids is 1. The van der Waals surface area contributed by atoms with Gasteiger partial charge in [-0.05, 0) is 36.4 Å². The normalized spacial score (nSPS) is 12.2. The van der Waals surface area contributed by atoms with Crippen LogP contribution >= 0.6 is 0 Å². The minimum atomic E-state index is 0.0754. The van der Waals surface area contributed by atoms with E-state index in [1.165, 1.54) is 5.56 Å². The largest absolute Gasteiger partial charge is 0.352 e. The summed E-state index contributed by atoms with van der Waals surface area (Å²) in [6.45, 7) is 5.58. The van der Waals surface area contributed by atoms with Gasteiger partial charge in [-0.1, -0.05) is 38.1 Å². The third-order valence-corrected chi connectivity index (χ3v) is 3.26. The van der Waals surface area contributed by atoms with E-state index < -0.39 is 0 Å². The van der Waals surface area contributed by atoms with Crippen LogP contribution in [0.25, 0.3) is 0 Å².